The zero-order valence-corrected chi connectivity index (χ0v) is 17.9. The summed E-state index contributed by atoms with van der Waals surface area (Å²) < 4.78 is 0. The van der Waals surface area contributed by atoms with Crippen LogP contribution in [0.1, 0.15) is 53.4 Å². The van der Waals surface area contributed by atoms with Gasteiger partial charge in [-0.1, -0.05) is 39.8 Å². The van der Waals surface area contributed by atoms with Crippen molar-refractivity contribution in [3.63, 3.8) is 0 Å². The number of carbonyl (C=O) groups excluding carboxylic acids is 2. The van der Waals surface area contributed by atoms with Gasteiger partial charge in [0.25, 0.3) is 0 Å². The van der Waals surface area contributed by atoms with Gasteiger partial charge in [0.1, 0.15) is 11.5 Å². The number of rotatable bonds is 4. The van der Waals surface area contributed by atoms with Crippen LogP contribution in [0.2, 0.25) is 0 Å². The van der Waals surface area contributed by atoms with Gasteiger partial charge in [-0.15, -0.1) is 0 Å². The van der Waals surface area contributed by atoms with E-state index in [4.69, 9.17) is 0 Å². The van der Waals surface area contributed by atoms with Crippen molar-refractivity contribution in [1.82, 2.24) is 0 Å². The monoisotopic (exact) mass is 408 g/mol. The van der Waals surface area contributed by atoms with Crippen LogP contribution in [0, 0.1) is 10.8 Å². The minimum atomic E-state index is -0.266. The van der Waals surface area contributed by atoms with E-state index < -0.39 is 0 Å². The number of hydrogen-bond donors (Lipinski definition) is 2. The van der Waals surface area contributed by atoms with Crippen molar-refractivity contribution in [3.8, 4) is 0 Å². The van der Waals surface area contributed by atoms with Crippen LogP contribution in [0.3, 0.4) is 0 Å². The van der Waals surface area contributed by atoms with E-state index in [0.717, 1.165) is 0 Å². The SMILES string of the molecule is CC1(C)CC(=O)C(C=Nc2ccccc2N=CC2=C(O)CC(C)(C)CC2=O)=C(O)C1. The molecule has 1 aromatic rings. The van der Waals surface area contributed by atoms with Gasteiger partial charge >= 0.3 is 0 Å². The van der Waals surface area contributed by atoms with Crippen molar-refractivity contribution >= 4 is 35.4 Å². The Hall–Kier alpha value is -3.02. The quantitative estimate of drug-likeness (QED) is 0.643. The number of allylic oxidation sites excluding steroid dienone is 4. The summed E-state index contributed by atoms with van der Waals surface area (Å²) in [5.74, 6) is -0.184. The zero-order chi connectivity index (χ0) is 22.1. The van der Waals surface area contributed by atoms with E-state index in [2.05, 4.69) is 9.98 Å². The third-order valence-electron chi connectivity index (χ3n) is 5.34. The van der Waals surface area contributed by atoms with Crippen LogP contribution in [0.25, 0.3) is 0 Å². The van der Waals surface area contributed by atoms with Gasteiger partial charge in [-0.25, -0.2) is 0 Å². The van der Waals surface area contributed by atoms with Gasteiger partial charge in [-0.3, -0.25) is 19.6 Å². The largest absolute Gasteiger partial charge is 0.511 e. The van der Waals surface area contributed by atoms with Gasteiger partial charge < -0.3 is 10.2 Å². The molecular weight excluding hydrogens is 380 g/mol. The molecular formula is C24H28N2O4. The fraction of sp³-hybridized carbons (Fsp3) is 0.417. The van der Waals surface area contributed by atoms with Crippen molar-refractivity contribution in [1.29, 1.82) is 0 Å². The Morgan fingerprint density at radius 1 is 0.733 bits per heavy atom. The summed E-state index contributed by atoms with van der Waals surface area (Å²) >= 11 is 0. The van der Waals surface area contributed by atoms with Crippen LogP contribution < -0.4 is 0 Å². The van der Waals surface area contributed by atoms with E-state index in [1.54, 1.807) is 24.3 Å². The highest BCUT2D eigenvalue weighted by atomic mass is 16.3. The second-order valence-corrected chi connectivity index (χ2v) is 9.61. The second-order valence-electron chi connectivity index (χ2n) is 9.61. The van der Waals surface area contributed by atoms with Crippen LogP contribution >= 0.6 is 0 Å². The highest BCUT2D eigenvalue weighted by Crippen LogP contribution is 2.37. The van der Waals surface area contributed by atoms with Crippen molar-refractivity contribution in [2.24, 2.45) is 20.8 Å². The van der Waals surface area contributed by atoms with E-state index in [-0.39, 0.29) is 45.1 Å². The molecule has 30 heavy (non-hydrogen) atoms. The molecule has 2 aliphatic rings. The second kappa shape index (κ2) is 8.01. The minimum absolute atomic E-state index is 0.0477. The molecule has 2 aliphatic carbocycles. The maximum absolute atomic E-state index is 12.4. The predicted octanol–water partition coefficient (Wildman–Crippen LogP) is 5.49. The fourth-order valence-electron chi connectivity index (χ4n) is 3.85. The summed E-state index contributed by atoms with van der Waals surface area (Å²) in [6.45, 7) is 7.77. The molecule has 6 heteroatoms. The average Bonchev–Trinajstić information content (AvgIpc) is 2.59. The standard InChI is InChI=1S/C24H28N2O4/c1-23(2)9-19(27)15(20(28)10-23)13-25-17-7-5-6-8-18(17)26-14-16-21(29)11-24(3,4)12-22(16)30/h5-8,13-14,27,29H,9-12H2,1-4H3. The number of ketones is 2. The first kappa shape index (κ1) is 21.7. The molecule has 0 amide bonds. The van der Waals surface area contributed by atoms with Crippen LogP contribution in [0.15, 0.2) is 56.9 Å². The lowest BCUT2D eigenvalue weighted by molar-refractivity contribution is -0.118. The number of carbonyl (C=O) groups is 2. The van der Waals surface area contributed by atoms with E-state index in [1.807, 2.05) is 27.7 Å². The number of Topliss-reactive ketones (excluding diaryl/α,β-unsaturated/α-hetero) is 2. The van der Waals surface area contributed by atoms with Crippen molar-refractivity contribution in [3.05, 3.63) is 46.9 Å². The van der Waals surface area contributed by atoms with Crippen LogP contribution in [0.4, 0.5) is 11.4 Å². The summed E-state index contributed by atoms with van der Waals surface area (Å²) in [4.78, 5) is 33.5. The fourth-order valence-corrected chi connectivity index (χ4v) is 3.85. The normalized spacial score (nSPS) is 21.9. The Bertz CT molecular complexity index is 929. The molecule has 0 saturated heterocycles. The van der Waals surface area contributed by atoms with E-state index >= 15 is 0 Å². The maximum Gasteiger partial charge on any atom is 0.168 e. The van der Waals surface area contributed by atoms with Gasteiger partial charge in [0.05, 0.1) is 22.5 Å². The average molecular weight is 408 g/mol. The molecule has 0 saturated carbocycles. The molecule has 0 fully saturated rings. The van der Waals surface area contributed by atoms with E-state index in [1.165, 1.54) is 12.4 Å². The molecule has 2 N–H and O–H groups in total. The molecule has 0 radical (unpaired) electrons. The molecule has 0 unspecified atom stereocenters. The molecule has 6 nitrogen and oxygen atoms in total. The number of aliphatic hydroxyl groups excluding tert-OH is 2. The number of aliphatic hydroxyl groups is 2. The van der Waals surface area contributed by atoms with Crippen molar-refractivity contribution < 1.29 is 19.8 Å². The van der Waals surface area contributed by atoms with Crippen LogP contribution in [-0.2, 0) is 9.59 Å². The lowest BCUT2D eigenvalue weighted by Crippen LogP contribution is -2.26. The highest BCUT2D eigenvalue weighted by molar-refractivity contribution is 6.16. The first-order chi connectivity index (χ1) is 14.0. The smallest absolute Gasteiger partial charge is 0.168 e. The Morgan fingerprint density at radius 3 is 1.43 bits per heavy atom. The molecule has 0 bridgehead atoms. The van der Waals surface area contributed by atoms with Crippen molar-refractivity contribution in [2.45, 2.75) is 53.4 Å². The lowest BCUT2D eigenvalue weighted by atomic mass is 9.77. The summed E-state index contributed by atoms with van der Waals surface area (Å²) in [7, 11) is 0. The summed E-state index contributed by atoms with van der Waals surface area (Å²) in [5, 5.41) is 20.5. The minimum Gasteiger partial charge on any atom is -0.511 e. The highest BCUT2D eigenvalue weighted by Gasteiger charge is 2.33. The number of hydrogen-bond acceptors (Lipinski definition) is 6. The molecule has 0 spiro atoms. The van der Waals surface area contributed by atoms with E-state index in [9.17, 15) is 19.8 Å². The van der Waals surface area contributed by atoms with Gasteiger partial charge in [-0.2, -0.15) is 0 Å². The molecule has 158 valence electrons. The Balaban J connectivity index is 1.87. The number of benzene rings is 1. The number of nitrogens with zero attached hydrogens (tertiary/aromatic N) is 2. The number of aliphatic imine (C=N–C) groups is 2. The van der Waals surface area contributed by atoms with E-state index in [0.29, 0.717) is 37.1 Å². The van der Waals surface area contributed by atoms with Gasteiger partial charge in [0.2, 0.25) is 0 Å². The van der Waals surface area contributed by atoms with Gasteiger partial charge in [0.15, 0.2) is 11.6 Å². The first-order valence-corrected chi connectivity index (χ1v) is 10.1. The maximum atomic E-state index is 12.4. The Morgan fingerprint density at radius 2 is 1.10 bits per heavy atom. The Labute approximate surface area is 176 Å². The third kappa shape index (κ3) is 4.93. The summed E-state index contributed by atoms with van der Waals surface area (Å²) in [5.41, 5.74) is 0.900. The molecule has 0 heterocycles. The Kier molecular flexibility index (Phi) is 5.79. The zero-order valence-electron chi connectivity index (χ0n) is 17.9. The molecule has 3 rings (SSSR count). The first-order valence-electron chi connectivity index (χ1n) is 10.1. The van der Waals surface area contributed by atoms with Gasteiger partial charge in [0, 0.05) is 38.1 Å². The molecule has 0 atom stereocenters. The topological polar surface area (TPSA) is 99.3 Å². The molecule has 0 aromatic heterocycles. The predicted molar refractivity (Wildman–Crippen MR) is 118 cm³/mol. The molecule has 1 aromatic carbocycles. The molecule has 0 aliphatic heterocycles. The van der Waals surface area contributed by atoms with Crippen LogP contribution in [0.5, 0.6) is 0 Å². The lowest BCUT2D eigenvalue weighted by Gasteiger charge is -2.28. The van der Waals surface area contributed by atoms with Crippen LogP contribution in [-0.4, -0.2) is 34.2 Å². The number of para-hydroxylation sites is 2. The summed E-state index contributed by atoms with van der Waals surface area (Å²) in [6.07, 6.45) is 4.31. The van der Waals surface area contributed by atoms with Gasteiger partial charge in [-0.05, 0) is 23.0 Å². The van der Waals surface area contributed by atoms with Crippen molar-refractivity contribution in [2.75, 3.05) is 0 Å². The third-order valence-corrected chi connectivity index (χ3v) is 5.34. The summed E-state index contributed by atoms with van der Waals surface area (Å²) in [6, 6.07) is 7.05.